The fraction of sp³-hybridized carbons (Fsp3) is 0.524. The zero-order valence-electron chi connectivity index (χ0n) is 16.7. The number of ether oxygens (including phenoxy) is 1. The van der Waals surface area contributed by atoms with Gasteiger partial charge in [-0.25, -0.2) is 9.78 Å². The predicted octanol–water partition coefficient (Wildman–Crippen LogP) is 3.76. The van der Waals surface area contributed by atoms with Crippen LogP contribution in [0.5, 0.6) is 0 Å². The van der Waals surface area contributed by atoms with E-state index < -0.39 is 0 Å². The van der Waals surface area contributed by atoms with Crippen molar-refractivity contribution in [3.63, 3.8) is 0 Å². The third kappa shape index (κ3) is 5.18. The number of hydrogen-bond acceptors (Lipinski definition) is 4. The van der Waals surface area contributed by atoms with Crippen LogP contribution in [0.4, 0.5) is 0 Å². The smallest absolute Gasteiger partial charge is 0.330 e. The molecule has 142 valence electrons. The molecule has 1 aromatic carbocycles. The van der Waals surface area contributed by atoms with Crippen molar-refractivity contribution in [3.8, 4) is 0 Å². The Balaban J connectivity index is 2.34. The number of carbonyl (C=O) groups excluding carboxylic acids is 1. The van der Waals surface area contributed by atoms with Crippen LogP contribution in [0.2, 0.25) is 0 Å². The van der Waals surface area contributed by atoms with Crippen LogP contribution in [0.1, 0.15) is 39.1 Å². The number of imidazole rings is 1. The van der Waals surface area contributed by atoms with Gasteiger partial charge in [-0.3, -0.25) is 0 Å². The number of aromatic nitrogens is 2. The zero-order chi connectivity index (χ0) is 19.1. The minimum absolute atomic E-state index is 0.352. The normalized spacial score (nSPS) is 12.0. The molecule has 0 aliphatic carbocycles. The molecule has 5 nitrogen and oxygen atoms in total. The molecule has 0 bridgehead atoms. The van der Waals surface area contributed by atoms with Gasteiger partial charge in [-0.1, -0.05) is 33.8 Å². The lowest BCUT2D eigenvalue weighted by Crippen LogP contribution is -2.27. The van der Waals surface area contributed by atoms with E-state index in [0.717, 1.165) is 55.0 Å². The van der Waals surface area contributed by atoms with Crippen molar-refractivity contribution in [2.75, 3.05) is 26.7 Å². The maximum atomic E-state index is 11.3. The molecule has 0 aliphatic rings. The SMILES string of the molecule is CCN(CC)CCn1c(CC(C)C)nc2cc(/C=C/C(=O)OC)ccc21. The van der Waals surface area contributed by atoms with Crippen LogP contribution in [0.3, 0.4) is 0 Å². The topological polar surface area (TPSA) is 47.4 Å². The molecule has 0 saturated carbocycles. The molecule has 1 heterocycles. The second-order valence-electron chi connectivity index (χ2n) is 6.91. The van der Waals surface area contributed by atoms with Gasteiger partial charge in [0.2, 0.25) is 0 Å². The number of fused-ring (bicyclic) bond motifs is 1. The highest BCUT2D eigenvalue weighted by Crippen LogP contribution is 2.21. The molecular formula is C21H31N3O2. The average molecular weight is 357 g/mol. The van der Waals surface area contributed by atoms with Gasteiger partial charge in [0.25, 0.3) is 0 Å². The van der Waals surface area contributed by atoms with Gasteiger partial charge < -0.3 is 14.2 Å². The van der Waals surface area contributed by atoms with Crippen LogP contribution in [0.25, 0.3) is 17.1 Å². The van der Waals surface area contributed by atoms with Crippen molar-refractivity contribution in [2.24, 2.45) is 5.92 Å². The first-order valence-electron chi connectivity index (χ1n) is 9.46. The summed E-state index contributed by atoms with van der Waals surface area (Å²) in [6.45, 7) is 12.9. The highest BCUT2D eigenvalue weighted by atomic mass is 16.5. The van der Waals surface area contributed by atoms with Crippen molar-refractivity contribution in [2.45, 2.75) is 40.7 Å². The van der Waals surface area contributed by atoms with E-state index in [1.807, 2.05) is 12.1 Å². The standard InChI is InChI=1S/C21H31N3O2/c1-6-23(7-2)12-13-24-19-10-8-17(9-11-21(25)26-5)15-18(19)22-20(24)14-16(3)4/h8-11,15-16H,6-7,12-14H2,1-5H3/b11-9+. The third-order valence-electron chi connectivity index (χ3n) is 4.59. The zero-order valence-corrected chi connectivity index (χ0v) is 16.7. The van der Waals surface area contributed by atoms with Crippen molar-refractivity contribution >= 4 is 23.1 Å². The van der Waals surface area contributed by atoms with Crippen molar-refractivity contribution in [3.05, 3.63) is 35.7 Å². The number of rotatable bonds is 9. The van der Waals surface area contributed by atoms with E-state index in [0.29, 0.717) is 5.92 Å². The molecule has 2 rings (SSSR count). The lowest BCUT2D eigenvalue weighted by atomic mass is 10.1. The minimum atomic E-state index is -0.352. The fourth-order valence-corrected chi connectivity index (χ4v) is 3.08. The average Bonchev–Trinajstić information content (AvgIpc) is 2.96. The third-order valence-corrected chi connectivity index (χ3v) is 4.59. The summed E-state index contributed by atoms with van der Waals surface area (Å²) in [6, 6.07) is 6.16. The molecule has 1 aromatic heterocycles. The second kappa shape index (κ2) is 9.53. The van der Waals surface area contributed by atoms with E-state index in [1.165, 1.54) is 13.2 Å². The van der Waals surface area contributed by atoms with Crippen molar-refractivity contribution < 1.29 is 9.53 Å². The van der Waals surface area contributed by atoms with E-state index in [1.54, 1.807) is 6.08 Å². The number of methoxy groups -OCH3 is 1. The number of esters is 1. The van der Waals surface area contributed by atoms with Gasteiger partial charge in [0.05, 0.1) is 18.1 Å². The lowest BCUT2D eigenvalue weighted by molar-refractivity contribution is -0.134. The molecule has 0 amide bonds. The highest BCUT2D eigenvalue weighted by Gasteiger charge is 2.13. The summed E-state index contributed by atoms with van der Waals surface area (Å²) in [5, 5.41) is 0. The van der Waals surface area contributed by atoms with E-state index >= 15 is 0 Å². The first kappa shape index (κ1) is 20.2. The number of nitrogens with zero attached hydrogens (tertiary/aromatic N) is 3. The Morgan fingerprint density at radius 3 is 2.65 bits per heavy atom. The predicted molar refractivity (Wildman–Crippen MR) is 107 cm³/mol. The molecular weight excluding hydrogens is 326 g/mol. The molecule has 0 atom stereocenters. The largest absolute Gasteiger partial charge is 0.466 e. The fourth-order valence-electron chi connectivity index (χ4n) is 3.08. The Morgan fingerprint density at radius 1 is 1.31 bits per heavy atom. The Morgan fingerprint density at radius 2 is 2.04 bits per heavy atom. The molecule has 0 fully saturated rings. The molecule has 0 aliphatic heterocycles. The van der Waals surface area contributed by atoms with E-state index in [-0.39, 0.29) is 5.97 Å². The maximum absolute atomic E-state index is 11.3. The van der Waals surface area contributed by atoms with Gasteiger partial charge in [0.1, 0.15) is 5.82 Å². The monoisotopic (exact) mass is 357 g/mol. The molecule has 0 N–H and O–H groups in total. The molecule has 0 spiro atoms. The minimum Gasteiger partial charge on any atom is -0.466 e. The number of carbonyl (C=O) groups is 1. The summed E-state index contributed by atoms with van der Waals surface area (Å²) in [4.78, 5) is 18.6. The molecule has 5 heteroatoms. The van der Waals surface area contributed by atoms with E-state index in [2.05, 4.69) is 48.0 Å². The molecule has 0 saturated heterocycles. The molecule has 26 heavy (non-hydrogen) atoms. The van der Waals surface area contributed by atoms with Crippen molar-refractivity contribution in [1.82, 2.24) is 14.5 Å². The van der Waals surface area contributed by atoms with Crippen LogP contribution in [-0.4, -0.2) is 47.2 Å². The van der Waals surface area contributed by atoms with Gasteiger partial charge in [-0.15, -0.1) is 0 Å². The van der Waals surface area contributed by atoms with Gasteiger partial charge in [0.15, 0.2) is 0 Å². The number of likely N-dealkylation sites (N-methyl/N-ethyl adjacent to an activating group) is 1. The number of hydrogen-bond donors (Lipinski definition) is 0. The summed E-state index contributed by atoms with van der Waals surface area (Å²) in [5.74, 6) is 1.34. The van der Waals surface area contributed by atoms with Crippen LogP contribution >= 0.6 is 0 Å². The van der Waals surface area contributed by atoms with E-state index in [9.17, 15) is 4.79 Å². The Labute approximate surface area is 156 Å². The quantitative estimate of drug-likeness (QED) is 0.506. The van der Waals surface area contributed by atoms with Gasteiger partial charge in [-0.05, 0) is 42.8 Å². The lowest BCUT2D eigenvalue weighted by Gasteiger charge is -2.19. The highest BCUT2D eigenvalue weighted by molar-refractivity contribution is 5.88. The van der Waals surface area contributed by atoms with Crippen LogP contribution in [0, 0.1) is 5.92 Å². The summed E-state index contributed by atoms with van der Waals surface area (Å²) in [6.07, 6.45) is 4.16. The Kier molecular flexibility index (Phi) is 7.39. The Hall–Kier alpha value is -2.14. The summed E-state index contributed by atoms with van der Waals surface area (Å²) >= 11 is 0. The van der Waals surface area contributed by atoms with E-state index in [4.69, 9.17) is 4.98 Å². The second-order valence-corrected chi connectivity index (χ2v) is 6.91. The van der Waals surface area contributed by atoms with Gasteiger partial charge in [-0.2, -0.15) is 0 Å². The van der Waals surface area contributed by atoms with Crippen LogP contribution < -0.4 is 0 Å². The van der Waals surface area contributed by atoms with Gasteiger partial charge >= 0.3 is 5.97 Å². The molecule has 2 aromatic rings. The van der Waals surface area contributed by atoms with Crippen molar-refractivity contribution in [1.29, 1.82) is 0 Å². The van der Waals surface area contributed by atoms with Crippen LogP contribution in [-0.2, 0) is 22.5 Å². The van der Waals surface area contributed by atoms with Crippen LogP contribution in [0.15, 0.2) is 24.3 Å². The molecule has 0 radical (unpaired) electrons. The summed E-state index contributed by atoms with van der Waals surface area (Å²) in [5.41, 5.74) is 3.09. The Bertz CT molecular complexity index is 758. The first-order valence-corrected chi connectivity index (χ1v) is 9.46. The number of benzene rings is 1. The van der Waals surface area contributed by atoms with Gasteiger partial charge in [0, 0.05) is 25.6 Å². The maximum Gasteiger partial charge on any atom is 0.330 e. The molecule has 0 unspecified atom stereocenters. The first-order chi connectivity index (χ1) is 12.5. The summed E-state index contributed by atoms with van der Waals surface area (Å²) in [7, 11) is 1.38. The summed E-state index contributed by atoms with van der Waals surface area (Å²) < 4.78 is 7.00.